The zero-order chi connectivity index (χ0) is 15.1. The minimum atomic E-state index is 0.149. The second kappa shape index (κ2) is 8.75. The van der Waals surface area contributed by atoms with Gasteiger partial charge in [0.1, 0.15) is 5.78 Å². The molecule has 0 unspecified atom stereocenters. The Bertz CT molecular complexity index is 284. The fourth-order valence-corrected chi connectivity index (χ4v) is 2.26. The highest BCUT2D eigenvalue weighted by Crippen LogP contribution is 2.14. The minimum Gasteiger partial charge on any atom is -0.377 e. The Morgan fingerprint density at radius 3 is 2.35 bits per heavy atom. The van der Waals surface area contributed by atoms with E-state index >= 15 is 0 Å². The lowest BCUT2D eigenvalue weighted by atomic mass is 10.0. The Labute approximate surface area is 124 Å². The van der Waals surface area contributed by atoms with Gasteiger partial charge in [-0.15, -0.1) is 0 Å². The third-order valence-corrected chi connectivity index (χ3v) is 4.24. The third kappa shape index (κ3) is 6.33. The Hall–Kier alpha value is -0.450. The van der Waals surface area contributed by atoms with Gasteiger partial charge in [0, 0.05) is 31.6 Å². The first-order valence-corrected chi connectivity index (χ1v) is 7.97. The molecule has 1 rings (SSSR count). The molecule has 118 valence electrons. The van der Waals surface area contributed by atoms with Crippen LogP contribution in [0.2, 0.25) is 0 Å². The SMILES string of the molecule is CC(C)C(=O)CN1CCC(OCCN(C)C(C)C)CC1. The molecule has 0 aromatic carbocycles. The molecule has 1 aliphatic heterocycles. The molecule has 4 heteroatoms. The van der Waals surface area contributed by atoms with Crippen molar-refractivity contribution in [2.24, 2.45) is 5.92 Å². The largest absolute Gasteiger partial charge is 0.377 e. The summed E-state index contributed by atoms with van der Waals surface area (Å²) in [5.41, 5.74) is 0. The summed E-state index contributed by atoms with van der Waals surface area (Å²) < 4.78 is 5.95. The van der Waals surface area contributed by atoms with Crippen molar-refractivity contribution in [3.8, 4) is 0 Å². The molecule has 1 fully saturated rings. The van der Waals surface area contributed by atoms with Crippen LogP contribution in [0.25, 0.3) is 0 Å². The first-order valence-electron chi connectivity index (χ1n) is 7.97. The van der Waals surface area contributed by atoms with Crippen LogP contribution in [-0.4, -0.2) is 67.6 Å². The number of piperidine rings is 1. The molecule has 0 saturated carbocycles. The van der Waals surface area contributed by atoms with E-state index < -0.39 is 0 Å². The van der Waals surface area contributed by atoms with Crippen LogP contribution in [-0.2, 0) is 9.53 Å². The summed E-state index contributed by atoms with van der Waals surface area (Å²) in [6.45, 7) is 12.7. The summed E-state index contributed by atoms with van der Waals surface area (Å²) in [5, 5.41) is 0. The van der Waals surface area contributed by atoms with Crippen LogP contribution in [0.4, 0.5) is 0 Å². The number of likely N-dealkylation sites (N-methyl/N-ethyl adjacent to an activating group) is 1. The number of rotatable bonds is 8. The standard InChI is InChI=1S/C16H32N2O2/c1-13(2)16(19)12-18-8-6-15(7-9-18)20-11-10-17(5)14(3)4/h13-15H,6-12H2,1-5H3. The fraction of sp³-hybridized carbons (Fsp3) is 0.938. The maximum atomic E-state index is 11.7. The quantitative estimate of drug-likeness (QED) is 0.683. The van der Waals surface area contributed by atoms with Gasteiger partial charge in [-0.2, -0.15) is 0 Å². The van der Waals surface area contributed by atoms with E-state index in [0.717, 1.165) is 39.1 Å². The van der Waals surface area contributed by atoms with E-state index in [1.807, 2.05) is 13.8 Å². The van der Waals surface area contributed by atoms with E-state index in [4.69, 9.17) is 4.74 Å². The van der Waals surface area contributed by atoms with Crippen LogP contribution in [0.3, 0.4) is 0 Å². The summed E-state index contributed by atoms with van der Waals surface area (Å²) in [5.74, 6) is 0.499. The third-order valence-electron chi connectivity index (χ3n) is 4.24. The fourth-order valence-electron chi connectivity index (χ4n) is 2.26. The van der Waals surface area contributed by atoms with Crippen LogP contribution >= 0.6 is 0 Å². The molecule has 1 heterocycles. The lowest BCUT2D eigenvalue weighted by Crippen LogP contribution is -2.41. The summed E-state index contributed by atoms with van der Waals surface area (Å²) >= 11 is 0. The molecule has 0 atom stereocenters. The normalized spacial score (nSPS) is 18.4. The molecule has 0 spiro atoms. The molecule has 0 amide bonds. The maximum absolute atomic E-state index is 11.7. The van der Waals surface area contributed by atoms with Crippen molar-refractivity contribution in [2.45, 2.75) is 52.7 Å². The molecule has 0 aromatic rings. The summed E-state index contributed by atoms with van der Waals surface area (Å²) in [6, 6.07) is 0.572. The second-order valence-corrected chi connectivity index (χ2v) is 6.54. The van der Waals surface area contributed by atoms with E-state index in [1.165, 1.54) is 0 Å². The summed E-state index contributed by atoms with van der Waals surface area (Å²) in [6.07, 6.45) is 2.48. The highest BCUT2D eigenvalue weighted by Gasteiger charge is 2.22. The molecule has 0 aromatic heterocycles. The van der Waals surface area contributed by atoms with Crippen LogP contribution in [0, 0.1) is 5.92 Å². The topological polar surface area (TPSA) is 32.8 Å². The Morgan fingerprint density at radius 2 is 1.85 bits per heavy atom. The predicted molar refractivity (Wildman–Crippen MR) is 83.0 cm³/mol. The highest BCUT2D eigenvalue weighted by molar-refractivity contribution is 5.82. The Morgan fingerprint density at radius 1 is 1.25 bits per heavy atom. The molecule has 0 aliphatic carbocycles. The number of hydrogen-bond donors (Lipinski definition) is 0. The first-order chi connectivity index (χ1) is 9.40. The van der Waals surface area contributed by atoms with Gasteiger partial charge < -0.3 is 9.64 Å². The molecule has 20 heavy (non-hydrogen) atoms. The molecule has 0 bridgehead atoms. The van der Waals surface area contributed by atoms with Crippen molar-refractivity contribution < 1.29 is 9.53 Å². The van der Waals surface area contributed by atoms with Crippen LogP contribution in [0.1, 0.15) is 40.5 Å². The second-order valence-electron chi connectivity index (χ2n) is 6.54. The van der Waals surface area contributed by atoms with Crippen LogP contribution in [0.5, 0.6) is 0 Å². The Kier molecular flexibility index (Phi) is 7.70. The van der Waals surface area contributed by atoms with Crippen molar-refractivity contribution >= 4 is 5.78 Å². The van der Waals surface area contributed by atoms with Crippen molar-refractivity contribution in [1.82, 2.24) is 9.80 Å². The Balaban J connectivity index is 2.14. The van der Waals surface area contributed by atoms with Crippen LogP contribution in [0.15, 0.2) is 0 Å². The van der Waals surface area contributed by atoms with Gasteiger partial charge in [0.05, 0.1) is 19.3 Å². The van der Waals surface area contributed by atoms with Gasteiger partial charge in [-0.3, -0.25) is 9.69 Å². The molecular formula is C16H32N2O2. The average Bonchev–Trinajstić information content (AvgIpc) is 2.40. The molecule has 1 saturated heterocycles. The minimum absolute atomic E-state index is 0.149. The van der Waals surface area contributed by atoms with E-state index in [0.29, 0.717) is 24.5 Å². The number of hydrogen-bond acceptors (Lipinski definition) is 4. The average molecular weight is 284 g/mol. The maximum Gasteiger partial charge on any atom is 0.149 e. The summed E-state index contributed by atoms with van der Waals surface area (Å²) in [4.78, 5) is 16.3. The van der Waals surface area contributed by atoms with E-state index in [1.54, 1.807) is 0 Å². The van der Waals surface area contributed by atoms with Crippen molar-refractivity contribution in [3.05, 3.63) is 0 Å². The van der Waals surface area contributed by atoms with Gasteiger partial charge in [-0.1, -0.05) is 13.8 Å². The number of nitrogens with zero attached hydrogens (tertiary/aromatic N) is 2. The number of carbonyl (C=O) groups is 1. The lowest BCUT2D eigenvalue weighted by Gasteiger charge is -2.32. The summed E-state index contributed by atoms with van der Waals surface area (Å²) in [7, 11) is 2.13. The first kappa shape index (κ1) is 17.6. The zero-order valence-corrected chi connectivity index (χ0v) is 13.9. The van der Waals surface area contributed by atoms with Crippen molar-refractivity contribution in [3.63, 3.8) is 0 Å². The van der Waals surface area contributed by atoms with Gasteiger partial charge in [-0.25, -0.2) is 0 Å². The van der Waals surface area contributed by atoms with E-state index in [2.05, 4.69) is 30.7 Å². The van der Waals surface area contributed by atoms with Gasteiger partial charge in [-0.05, 0) is 33.7 Å². The number of ketones is 1. The smallest absolute Gasteiger partial charge is 0.149 e. The van der Waals surface area contributed by atoms with Gasteiger partial charge in [0.25, 0.3) is 0 Å². The van der Waals surface area contributed by atoms with Crippen LogP contribution < -0.4 is 0 Å². The van der Waals surface area contributed by atoms with Gasteiger partial charge in [0.2, 0.25) is 0 Å². The predicted octanol–water partition coefficient (Wildman–Crippen LogP) is 2.03. The molecular weight excluding hydrogens is 252 g/mol. The monoisotopic (exact) mass is 284 g/mol. The molecule has 4 nitrogen and oxygen atoms in total. The van der Waals surface area contributed by atoms with Gasteiger partial charge in [0.15, 0.2) is 0 Å². The van der Waals surface area contributed by atoms with Crippen molar-refractivity contribution in [2.75, 3.05) is 39.8 Å². The van der Waals surface area contributed by atoms with E-state index in [-0.39, 0.29) is 5.92 Å². The number of carbonyl (C=O) groups excluding carboxylic acids is 1. The molecule has 0 N–H and O–H groups in total. The number of Topliss-reactive ketones (excluding diaryl/α,β-unsaturated/α-hetero) is 1. The lowest BCUT2D eigenvalue weighted by molar-refractivity contribution is -0.123. The molecule has 0 radical (unpaired) electrons. The number of ether oxygens (including phenoxy) is 1. The highest BCUT2D eigenvalue weighted by atomic mass is 16.5. The van der Waals surface area contributed by atoms with Crippen molar-refractivity contribution in [1.29, 1.82) is 0 Å². The molecule has 1 aliphatic rings. The zero-order valence-electron chi connectivity index (χ0n) is 13.9. The number of likely N-dealkylation sites (tertiary alicyclic amines) is 1. The van der Waals surface area contributed by atoms with E-state index in [9.17, 15) is 4.79 Å². The van der Waals surface area contributed by atoms with Gasteiger partial charge >= 0.3 is 0 Å².